The van der Waals surface area contributed by atoms with Crippen LogP contribution in [0.15, 0.2) is 28.7 Å². The molecule has 0 aliphatic heterocycles. The molecule has 5 heteroatoms. The Balaban J connectivity index is 2.39. The largest absolute Gasteiger partial charge is 0.243 e. The van der Waals surface area contributed by atoms with E-state index in [0.29, 0.717) is 12.2 Å². The quantitative estimate of drug-likeness (QED) is 0.854. The maximum atomic E-state index is 9.13. The Labute approximate surface area is 121 Å². The van der Waals surface area contributed by atoms with Gasteiger partial charge in [0.15, 0.2) is 5.69 Å². The van der Waals surface area contributed by atoms with Crippen LogP contribution in [-0.4, -0.2) is 15.0 Å². The topological polar surface area (TPSA) is 54.5 Å². The van der Waals surface area contributed by atoms with E-state index in [9.17, 15) is 0 Å². The molecule has 0 bridgehead atoms. The summed E-state index contributed by atoms with van der Waals surface area (Å²) in [5, 5.41) is 17.2. The Morgan fingerprint density at radius 3 is 2.42 bits per heavy atom. The first-order valence-electron chi connectivity index (χ1n) is 6.00. The summed E-state index contributed by atoms with van der Waals surface area (Å²) in [5.74, 6) is 0. The van der Waals surface area contributed by atoms with Crippen LogP contribution in [0.4, 0.5) is 0 Å². The van der Waals surface area contributed by atoms with Crippen LogP contribution in [0.1, 0.15) is 37.7 Å². The molecule has 0 amide bonds. The molecule has 2 aromatic rings. The van der Waals surface area contributed by atoms with Gasteiger partial charge in [0.25, 0.3) is 0 Å². The molecule has 2 rings (SSSR count). The molecular formula is C14H15BrN4. The van der Waals surface area contributed by atoms with Crippen molar-refractivity contribution < 1.29 is 0 Å². The molecular weight excluding hydrogens is 304 g/mol. The number of rotatable bonds is 2. The number of hydrogen-bond acceptors (Lipinski definition) is 3. The summed E-state index contributed by atoms with van der Waals surface area (Å²) < 4.78 is 2.85. The van der Waals surface area contributed by atoms with E-state index < -0.39 is 0 Å². The van der Waals surface area contributed by atoms with Gasteiger partial charge in [-0.2, -0.15) is 5.26 Å². The van der Waals surface area contributed by atoms with Crippen molar-refractivity contribution in [2.24, 2.45) is 0 Å². The predicted octanol–water partition coefficient (Wildman–Crippen LogP) is 3.26. The molecule has 1 aromatic heterocycles. The van der Waals surface area contributed by atoms with Gasteiger partial charge in [0.1, 0.15) is 6.07 Å². The minimum atomic E-state index is -0.163. The molecule has 0 saturated carbocycles. The number of hydrogen-bond donors (Lipinski definition) is 0. The summed E-state index contributed by atoms with van der Waals surface area (Å²) in [6.07, 6.45) is 0. The number of nitrogens with zero attached hydrogens (tertiary/aromatic N) is 4. The molecule has 0 spiro atoms. The standard InChI is InChI=1S/C14H15BrN4/c1-14(2,3)13-12(8-16)17-18-19(13)9-10-4-6-11(15)7-5-10/h4-7H,9H2,1-3H3. The zero-order valence-corrected chi connectivity index (χ0v) is 12.8. The molecule has 0 aliphatic carbocycles. The molecule has 0 atom stereocenters. The summed E-state index contributed by atoms with van der Waals surface area (Å²) >= 11 is 3.41. The SMILES string of the molecule is CC(C)(C)c1c(C#N)nnn1Cc1ccc(Br)cc1. The molecule has 1 heterocycles. The Bertz CT molecular complexity index is 614. The van der Waals surface area contributed by atoms with Crippen LogP contribution in [0.2, 0.25) is 0 Å². The number of aromatic nitrogens is 3. The monoisotopic (exact) mass is 318 g/mol. The summed E-state index contributed by atoms with van der Waals surface area (Å²) in [5.41, 5.74) is 2.25. The fourth-order valence-electron chi connectivity index (χ4n) is 2.00. The average molecular weight is 319 g/mol. The maximum absolute atomic E-state index is 9.13. The third-order valence-corrected chi connectivity index (χ3v) is 3.33. The summed E-state index contributed by atoms with van der Waals surface area (Å²) in [4.78, 5) is 0. The second-order valence-electron chi connectivity index (χ2n) is 5.43. The highest BCUT2D eigenvalue weighted by molar-refractivity contribution is 9.10. The highest BCUT2D eigenvalue weighted by atomic mass is 79.9. The molecule has 0 radical (unpaired) electrons. The van der Waals surface area contributed by atoms with Gasteiger partial charge in [0, 0.05) is 9.89 Å². The highest BCUT2D eigenvalue weighted by Crippen LogP contribution is 2.25. The van der Waals surface area contributed by atoms with Gasteiger partial charge in [-0.1, -0.05) is 54.0 Å². The second kappa shape index (κ2) is 5.14. The third kappa shape index (κ3) is 3.02. The smallest absolute Gasteiger partial charge is 0.186 e. The molecule has 0 fully saturated rings. The predicted molar refractivity (Wildman–Crippen MR) is 76.7 cm³/mol. The molecule has 0 unspecified atom stereocenters. The molecule has 0 N–H and O–H groups in total. The molecule has 4 nitrogen and oxygen atoms in total. The van der Waals surface area contributed by atoms with Gasteiger partial charge in [-0.3, -0.25) is 0 Å². The summed E-state index contributed by atoms with van der Waals surface area (Å²) in [6, 6.07) is 10.2. The first-order valence-corrected chi connectivity index (χ1v) is 6.79. The van der Waals surface area contributed by atoms with Gasteiger partial charge >= 0.3 is 0 Å². The number of nitriles is 1. The van der Waals surface area contributed by atoms with E-state index >= 15 is 0 Å². The van der Waals surface area contributed by atoms with Crippen LogP contribution in [0, 0.1) is 11.3 Å². The lowest BCUT2D eigenvalue weighted by atomic mass is 9.90. The van der Waals surface area contributed by atoms with E-state index in [2.05, 4.69) is 53.1 Å². The van der Waals surface area contributed by atoms with Gasteiger partial charge in [0.05, 0.1) is 12.2 Å². The van der Waals surface area contributed by atoms with E-state index in [1.807, 2.05) is 28.9 Å². The average Bonchev–Trinajstić information content (AvgIpc) is 2.75. The highest BCUT2D eigenvalue weighted by Gasteiger charge is 2.25. The lowest BCUT2D eigenvalue weighted by Crippen LogP contribution is -2.20. The van der Waals surface area contributed by atoms with E-state index in [0.717, 1.165) is 15.7 Å². The Morgan fingerprint density at radius 1 is 1.26 bits per heavy atom. The van der Waals surface area contributed by atoms with Crippen LogP contribution in [0.5, 0.6) is 0 Å². The Morgan fingerprint density at radius 2 is 1.89 bits per heavy atom. The fraction of sp³-hybridized carbons (Fsp3) is 0.357. The van der Waals surface area contributed by atoms with Crippen LogP contribution in [-0.2, 0) is 12.0 Å². The normalized spacial score (nSPS) is 11.3. The van der Waals surface area contributed by atoms with Gasteiger partial charge in [-0.15, -0.1) is 5.10 Å². The maximum Gasteiger partial charge on any atom is 0.186 e. The van der Waals surface area contributed by atoms with E-state index in [1.54, 1.807) is 0 Å². The van der Waals surface area contributed by atoms with Crippen molar-refractivity contribution in [3.05, 3.63) is 45.7 Å². The number of halogens is 1. The Hall–Kier alpha value is -1.67. The van der Waals surface area contributed by atoms with Crippen LogP contribution < -0.4 is 0 Å². The van der Waals surface area contributed by atoms with E-state index in [4.69, 9.17) is 5.26 Å². The van der Waals surface area contributed by atoms with Gasteiger partial charge in [-0.05, 0) is 17.7 Å². The van der Waals surface area contributed by atoms with Gasteiger partial charge in [0.2, 0.25) is 0 Å². The van der Waals surface area contributed by atoms with Crippen LogP contribution >= 0.6 is 15.9 Å². The van der Waals surface area contributed by atoms with E-state index in [1.165, 1.54) is 0 Å². The molecule has 0 aliphatic rings. The second-order valence-corrected chi connectivity index (χ2v) is 6.35. The Kier molecular flexibility index (Phi) is 3.72. The first kappa shape index (κ1) is 13.8. The molecule has 98 valence electrons. The van der Waals surface area contributed by atoms with Crippen molar-refractivity contribution in [1.29, 1.82) is 5.26 Å². The van der Waals surface area contributed by atoms with E-state index in [-0.39, 0.29) is 5.41 Å². The molecule has 19 heavy (non-hydrogen) atoms. The molecule has 1 aromatic carbocycles. The van der Waals surface area contributed by atoms with Crippen molar-refractivity contribution in [2.45, 2.75) is 32.7 Å². The minimum absolute atomic E-state index is 0.163. The van der Waals surface area contributed by atoms with Crippen LogP contribution in [0.3, 0.4) is 0 Å². The van der Waals surface area contributed by atoms with Gasteiger partial charge < -0.3 is 0 Å². The number of benzene rings is 1. The zero-order chi connectivity index (χ0) is 14.0. The summed E-state index contributed by atoms with van der Waals surface area (Å²) in [7, 11) is 0. The minimum Gasteiger partial charge on any atom is -0.243 e. The van der Waals surface area contributed by atoms with Gasteiger partial charge in [-0.25, -0.2) is 4.68 Å². The lowest BCUT2D eigenvalue weighted by Gasteiger charge is -2.19. The third-order valence-electron chi connectivity index (χ3n) is 2.80. The molecule has 0 saturated heterocycles. The fourth-order valence-corrected chi connectivity index (χ4v) is 2.27. The van der Waals surface area contributed by atoms with Crippen molar-refractivity contribution in [1.82, 2.24) is 15.0 Å². The van der Waals surface area contributed by atoms with Crippen molar-refractivity contribution >= 4 is 15.9 Å². The lowest BCUT2D eigenvalue weighted by molar-refractivity contribution is 0.501. The zero-order valence-electron chi connectivity index (χ0n) is 11.2. The first-order chi connectivity index (χ1) is 8.91. The van der Waals surface area contributed by atoms with Crippen LogP contribution in [0.25, 0.3) is 0 Å². The van der Waals surface area contributed by atoms with Crippen molar-refractivity contribution in [3.8, 4) is 6.07 Å². The summed E-state index contributed by atoms with van der Waals surface area (Å²) in [6.45, 7) is 6.80. The van der Waals surface area contributed by atoms with Crippen molar-refractivity contribution in [2.75, 3.05) is 0 Å². The van der Waals surface area contributed by atoms with Crippen molar-refractivity contribution in [3.63, 3.8) is 0 Å².